The monoisotopic (exact) mass is 348 g/mol. The van der Waals surface area contributed by atoms with E-state index in [0.717, 1.165) is 10.9 Å². The Morgan fingerprint density at radius 3 is 2.92 bits per heavy atom. The highest BCUT2D eigenvalue weighted by Crippen LogP contribution is 2.16. The SMILES string of the molecule is Cn1ncc2c(=O)n(CCC(=O)Nc3cnc4ccccc4c3)cnc21. The van der Waals surface area contributed by atoms with Crippen molar-refractivity contribution >= 4 is 33.5 Å². The summed E-state index contributed by atoms with van der Waals surface area (Å²) in [6.45, 7) is 0.240. The standard InChI is InChI=1S/C18H16N6O2/c1-23-17-14(10-21-23)18(26)24(11-20-17)7-6-16(25)22-13-8-12-4-2-3-5-15(12)19-9-13/h2-5,8-11H,6-7H2,1H3,(H,22,25). The predicted molar refractivity (Wildman–Crippen MR) is 97.8 cm³/mol. The second kappa shape index (κ2) is 6.40. The number of aryl methyl sites for hydroxylation is 2. The first-order valence-corrected chi connectivity index (χ1v) is 8.13. The third kappa shape index (κ3) is 2.92. The highest BCUT2D eigenvalue weighted by atomic mass is 16.2. The molecule has 8 heteroatoms. The van der Waals surface area contributed by atoms with Crippen LogP contribution in [0, 0.1) is 0 Å². The van der Waals surface area contributed by atoms with Crippen LogP contribution in [0.3, 0.4) is 0 Å². The summed E-state index contributed by atoms with van der Waals surface area (Å²) in [5.74, 6) is -0.194. The Morgan fingerprint density at radius 1 is 1.19 bits per heavy atom. The lowest BCUT2D eigenvalue weighted by Gasteiger charge is -2.07. The number of pyridine rings is 1. The molecule has 0 saturated heterocycles. The van der Waals surface area contributed by atoms with Crippen molar-refractivity contribution in [3.8, 4) is 0 Å². The van der Waals surface area contributed by atoms with Gasteiger partial charge in [0.25, 0.3) is 5.56 Å². The molecule has 4 aromatic rings. The van der Waals surface area contributed by atoms with Crippen molar-refractivity contribution in [2.75, 3.05) is 5.32 Å². The van der Waals surface area contributed by atoms with Crippen molar-refractivity contribution in [3.63, 3.8) is 0 Å². The lowest BCUT2D eigenvalue weighted by Crippen LogP contribution is -2.23. The molecule has 3 aromatic heterocycles. The van der Waals surface area contributed by atoms with Crippen LogP contribution in [-0.2, 0) is 18.4 Å². The molecule has 0 radical (unpaired) electrons. The molecule has 0 atom stereocenters. The summed E-state index contributed by atoms with van der Waals surface area (Å²) in [5, 5.41) is 8.23. The van der Waals surface area contributed by atoms with Gasteiger partial charge in [-0.2, -0.15) is 5.10 Å². The molecule has 0 unspecified atom stereocenters. The molecule has 0 spiro atoms. The number of nitrogens with zero attached hydrogens (tertiary/aromatic N) is 5. The van der Waals surface area contributed by atoms with E-state index < -0.39 is 0 Å². The van der Waals surface area contributed by atoms with Crippen LogP contribution < -0.4 is 10.9 Å². The van der Waals surface area contributed by atoms with E-state index in [2.05, 4.69) is 20.4 Å². The Balaban J connectivity index is 1.46. The average molecular weight is 348 g/mol. The van der Waals surface area contributed by atoms with Crippen molar-refractivity contribution < 1.29 is 4.79 Å². The van der Waals surface area contributed by atoms with Crippen LogP contribution in [0.2, 0.25) is 0 Å². The smallest absolute Gasteiger partial charge is 0.264 e. The van der Waals surface area contributed by atoms with E-state index >= 15 is 0 Å². The highest BCUT2D eigenvalue weighted by Gasteiger charge is 2.10. The van der Waals surface area contributed by atoms with Gasteiger partial charge in [0.2, 0.25) is 5.91 Å². The Hall–Kier alpha value is -3.55. The normalized spacial score (nSPS) is 11.1. The molecule has 0 aliphatic heterocycles. The van der Waals surface area contributed by atoms with E-state index in [4.69, 9.17) is 0 Å². The maximum absolute atomic E-state index is 12.4. The summed E-state index contributed by atoms with van der Waals surface area (Å²) in [6.07, 6.45) is 4.70. The van der Waals surface area contributed by atoms with Gasteiger partial charge in [-0.05, 0) is 12.1 Å². The first kappa shape index (κ1) is 15.9. The number of benzene rings is 1. The third-order valence-corrected chi connectivity index (χ3v) is 4.17. The van der Waals surface area contributed by atoms with Gasteiger partial charge < -0.3 is 5.32 Å². The molecule has 1 aromatic carbocycles. The topological polar surface area (TPSA) is 94.7 Å². The van der Waals surface area contributed by atoms with Gasteiger partial charge in [0, 0.05) is 25.4 Å². The van der Waals surface area contributed by atoms with Gasteiger partial charge in [-0.25, -0.2) is 4.98 Å². The first-order valence-electron chi connectivity index (χ1n) is 8.13. The van der Waals surface area contributed by atoms with Crippen LogP contribution in [0.15, 0.2) is 53.8 Å². The molecule has 26 heavy (non-hydrogen) atoms. The summed E-state index contributed by atoms with van der Waals surface area (Å²) in [7, 11) is 1.73. The molecule has 4 rings (SSSR count). The van der Waals surface area contributed by atoms with Crippen molar-refractivity contribution in [1.82, 2.24) is 24.3 Å². The lowest BCUT2D eigenvalue weighted by atomic mass is 10.2. The fourth-order valence-electron chi connectivity index (χ4n) is 2.81. The van der Waals surface area contributed by atoms with E-state index in [1.807, 2.05) is 30.3 Å². The fraction of sp³-hybridized carbons (Fsp3) is 0.167. The molecule has 0 aliphatic carbocycles. The number of amides is 1. The summed E-state index contributed by atoms with van der Waals surface area (Å²) in [4.78, 5) is 33.1. The van der Waals surface area contributed by atoms with Crippen molar-refractivity contribution in [3.05, 3.63) is 59.4 Å². The summed E-state index contributed by atoms with van der Waals surface area (Å²) in [5.41, 5.74) is 1.82. The minimum atomic E-state index is -0.205. The number of rotatable bonds is 4. The van der Waals surface area contributed by atoms with Crippen molar-refractivity contribution in [1.29, 1.82) is 0 Å². The van der Waals surface area contributed by atoms with Gasteiger partial charge in [-0.1, -0.05) is 18.2 Å². The van der Waals surface area contributed by atoms with Crippen LogP contribution in [0.5, 0.6) is 0 Å². The number of nitrogens with one attached hydrogen (secondary N) is 1. The molecule has 8 nitrogen and oxygen atoms in total. The summed E-state index contributed by atoms with van der Waals surface area (Å²) in [6, 6.07) is 9.55. The molecule has 0 fully saturated rings. The average Bonchev–Trinajstić information content (AvgIpc) is 3.03. The van der Waals surface area contributed by atoms with Gasteiger partial charge in [-0.3, -0.25) is 23.8 Å². The number of aromatic nitrogens is 5. The molecule has 0 bridgehead atoms. The number of fused-ring (bicyclic) bond motifs is 2. The number of carbonyl (C=O) groups is 1. The van der Waals surface area contributed by atoms with Crippen LogP contribution in [0.4, 0.5) is 5.69 Å². The van der Waals surface area contributed by atoms with E-state index in [1.54, 1.807) is 17.9 Å². The van der Waals surface area contributed by atoms with Crippen LogP contribution in [-0.4, -0.2) is 30.2 Å². The number of carbonyl (C=O) groups excluding carboxylic acids is 1. The molecular weight excluding hydrogens is 332 g/mol. The van der Waals surface area contributed by atoms with Crippen LogP contribution >= 0.6 is 0 Å². The maximum atomic E-state index is 12.4. The van der Waals surface area contributed by atoms with Gasteiger partial charge in [0.15, 0.2) is 5.65 Å². The quantitative estimate of drug-likeness (QED) is 0.606. The van der Waals surface area contributed by atoms with E-state index in [1.165, 1.54) is 17.1 Å². The zero-order valence-electron chi connectivity index (χ0n) is 14.1. The first-order chi connectivity index (χ1) is 12.6. The molecule has 1 N–H and O–H groups in total. The van der Waals surface area contributed by atoms with Gasteiger partial charge in [-0.15, -0.1) is 0 Å². The second-order valence-electron chi connectivity index (χ2n) is 5.96. The summed E-state index contributed by atoms with van der Waals surface area (Å²) >= 11 is 0. The molecule has 1 amide bonds. The number of para-hydroxylation sites is 1. The zero-order valence-corrected chi connectivity index (χ0v) is 14.1. The van der Waals surface area contributed by atoms with Crippen LogP contribution in [0.1, 0.15) is 6.42 Å². The lowest BCUT2D eigenvalue weighted by molar-refractivity contribution is -0.116. The highest BCUT2D eigenvalue weighted by molar-refractivity contribution is 5.93. The molecule has 0 saturated carbocycles. The number of hydrogen-bond donors (Lipinski definition) is 1. The maximum Gasteiger partial charge on any atom is 0.264 e. The Bertz CT molecular complexity index is 1180. The second-order valence-corrected chi connectivity index (χ2v) is 5.96. The van der Waals surface area contributed by atoms with Gasteiger partial charge in [0.05, 0.1) is 29.9 Å². The van der Waals surface area contributed by atoms with Crippen molar-refractivity contribution in [2.24, 2.45) is 7.05 Å². The minimum absolute atomic E-state index is 0.153. The molecule has 0 aliphatic rings. The van der Waals surface area contributed by atoms with E-state index in [9.17, 15) is 9.59 Å². The molecular formula is C18H16N6O2. The predicted octanol–water partition coefficient (Wildman–Crippen LogP) is 1.71. The summed E-state index contributed by atoms with van der Waals surface area (Å²) < 4.78 is 2.96. The van der Waals surface area contributed by atoms with Crippen molar-refractivity contribution in [2.45, 2.75) is 13.0 Å². The van der Waals surface area contributed by atoms with Crippen LogP contribution in [0.25, 0.3) is 21.9 Å². The fourth-order valence-corrected chi connectivity index (χ4v) is 2.81. The molecule has 3 heterocycles. The Morgan fingerprint density at radius 2 is 2.04 bits per heavy atom. The zero-order chi connectivity index (χ0) is 18.1. The number of anilines is 1. The van der Waals surface area contributed by atoms with Gasteiger partial charge >= 0.3 is 0 Å². The largest absolute Gasteiger partial charge is 0.325 e. The number of hydrogen-bond acceptors (Lipinski definition) is 5. The Labute approximate surface area is 148 Å². The Kier molecular flexibility index (Phi) is 3.92. The van der Waals surface area contributed by atoms with E-state index in [0.29, 0.717) is 16.7 Å². The van der Waals surface area contributed by atoms with E-state index in [-0.39, 0.29) is 24.4 Å². The minimum Gasteiger partial charge on any atom is -0.325 e. The molecule has 130 valence electrons. The van der Waals surface area contributed by atoms with Gasteiger partial charge in [0.1, 0.15) is 5.39 Å². The third-order valence-electron chi connectivity index (χ3n) is 4.17.